The number of rotatable bonds is 29. The quantitative estimate of drug-likeness (QED) is 0.0297. The Morgan fingerprint density at radius 1 is 0.620 bits per heavy atom. The average molecular weight is 1560 g/mol. The van der Waals surface area contributed by atoms with Gasteiger partial charge in [-0.2, -0.15) is 0 Å². The number of benzene rings is 3. The van der Waals surface area contributed by atoms with Gasteiger partial charge < -0.3 is 82.7 Å². The van der Waals surface area contributed by atoms with Crippen LogP contribution in [0.5, 0.6) is 5.75 Å². The van der Waals surface area contributed by atoms with Crippen LogP contribution in [0.25, 0.3) is 10.9 Å². The molecule has 3 aliphatic heterocycles. The van der Waals surface area contributed by atoms with Gasteiger partial charge in [-0.3, -0.25) is 67.5 Å². The number of nitrogens with one attached hydrogen (secondary N) is 9. The molecule has 14 N–H and O–H groups in total. The van der Waals surface area contributed by atoms with Gasteiger partial charge in [0, 0.05) is 118 Å². The minimum Gasteiger partial charge on any atom is -0.508 e. The maximum Gasteiger partial charge on any atom is 0.407 e. The van der Waals surface area contributed by atoms with E-state index in [9.17, 15) is 48.9 Å². The number of likely N-dealkylation sites (N-methyl/N-ethyl adjacent to an activating group) is 3. The van der Waals surface area contributed by atoms with E-state index >= 15 is 19.2 Å². The minimum atomic E-state index is -1.68. The number of alkyl carbamates (subject to hydrolysis) is 1. The summed E-state index contributed by atoms with van der Waals surface area (Å²) in [5.74, 6) is -9.22. The molecule has 7 rings (SSSR count). The summed E-state index contributed by atoms with van der Waals surface area (Å²) in [7, 11) is 3.39. The fourth-order valence-corrected chi connectivity index (χ4v) is 12.0. The number of aliphatic hydroxyl groups is 1. The summed E-state index contributed by atoms with van der Waals surface area (Å²) in [5, 5.41) is 71.7. The Morgan fingerprint density at radius 2 is 1.18 bits per heavy atom. The number of aliphatic carboxylic acids is 3. The van der Waals surface area contributed by atoms with Gasteiger partial charge in [-0.15, -0.1) is 0 Å². The number of carboxylic acids is 3. The molecule has 3 fully saturated rings. The normalized spacial score (nSPS) is 21.0. The molecular weight excluding hydrogens is 1460 g/mol. The molecule has 9 atom stereocenters. The van der Waals surface area contributed by atoms with Crippen molar-refractivity contribution in [3.8, 4) is 5.75 Å². The van der Waals surface area contributed by atoms with Gasteiger partial charge in [-0.1, -0.05) is 81.4 Å². The third-order valence-electron chi connectivity index (χ3n) is 17.7. The molecule has 4 aromatic rings. The summed E-state index contributed by atoms with van der Waals surface area (Å²) in [6.07, 6.45) is -1.21. The zero-order valence-corrected chi connectivity index (χ0v) is 59.0. The number of amides is 8. The Bertz CT molecular complexity index is 3360. The number of piperidine rings is 1. The predicted octanol–water partition coefficient (Wildman–Crippen LogP) is -0.770. The van der Waals surface area contributed by atoms with Crippen molar-refractivity contribution in [1.82, 2.24) is 72.0 Å². The Balaban J connectivity index is 0.00000188. The van der Waals surface area contributed by atoms with Crippen LogP contribution >= 0.6 is 0 Å². The Hall–Kier alpha value is -8.04. The molecule has 32 heteroatoms. The van der Waals surface area contributed by atoms with E-state index in [-0.39, 0.29) is 127 Å². The number of hydrogen-bond acceptors (Lipinski definition) is 19. The van der Waals surface area contributed by atoms with Crippen molar-refractivity contribution in [1.29, 1.82) is 0 Å². The summed E-state index contributed by atoms with van der Waals surface area (Å²) in [6, 6.07) is 13.1. The molecule has 0 saturated carbocycles. The van der Waals surface area contributed by atoms with Gasteiger partial charge in [-0.05, 0) is 107 Å². The van der Waals surface area contributed by atoms with E-state index in [1.165, 1.54) is 19.1 Å². The van der Waals surface area contributed by atoms with Crippen LogP contribution in [0, 0.1) is 42.8 Å². The molecule has 3 aromatic carbocycles. The zero-order chi connectivity index (χ0) is 72.3. The maximum atomic E-state index is 15.3. The van der Waals surface area contributed by atoms with Crippen molar-refractivity contribution >= 4 is 76.3 Å². The Kier molecular flexibility index (Phi) is 34.4. The number of carboxylic acid groups (broad SMARTS) is 3. The molecular formula is C68H98LuN14O17. The van der Waals surface area contributed by atoms with E-state index in [4.69, 9.17) is 14.9 Å². The number of para-hydroxylation sites is 1. The predicted molar refractivity (Wildman–Crippen MR) is 364 cm³/mol. The van der Waals surface area contributed by atoms with E-state index in [2.05, 4.69) is 47.5 Å². The molecule has 0 spiro atoms. The van der Waals surface area contributed by atoms with E-state index < -0.39 is 126 Å². The number of phenols is 1. The molecule has 3 aliphatic rings. The number of aromatic amines is 1. The Morgan fingerprint density at radius 3 is 1.82 bits per heavy atom. The number of aromatic hydroxyl groups is 1. The molecule has 3 saturated heterocycles. The van der Waals surface area contributed by atoms with Crippen molar-refractivity contribution in [3.63, 3.8) is 0 Å². The molecule has 4 heterocycles. The first kappa shape index (κ1) is 82.6. The number of nitrogens with zero attached hydrogens (tertiary/aromatic N) is 5. The molecule has 0 unspecified atom stereocenters. The zero-order valence-electron chi connectivity index (χ0n) is 57.3. The fourth-order valence-electron chi connectivity index (χ4n) is 12.0. The second kappa shape index (κ2) is 41.6. The second-order valence-electron chi connectivity index (χ2n) is 25.4. The fraction of sp³-hybridized carbons (Fsp3) is 0.544. The number of aromatic nitrogens is 1. The first-order valence-electron chi connectivity index (χ1n) is 33.5. The van der Waals surface area contributed by atoms with Crippen molar-refractivity contribution < 1.29 is 120 Å². The van der Waals surface area contributed by atoms with Crippen LogP contribution < -0.4 is 42.5 Å². The number of fused-ring (bicyclic) bond motifs is 2. The molecule has 8 amide bonds. The summed E-state index contributed by atoms with van der Waals surface area (Å²) in [5.41, 5.74) is 2.44. The van der Waals surface area contributed by atoms with Crippen LogP contribution in [0.2, 0.25) is 0 Å². The molecule has 31 nitrogen and oxygen atoms in total. The van der Waals surface area contributed by atoms with Crippen molar-refractivity contribution in [2.45, 2.75) is 121 Å². The molecule has 1 aromatic heterocycles. The summed E-state index contributed by atoms with van der Waals surface area (Å²) in [4.78, 5) is 161. The minimum absolute atomic E-state index is 0. The van der Waals surface area contributed by atoms with Crippen LogP contribution in [-0.2, 0) is 65.5 Å². The van der Waals surface area contributed by atoms with Crippen LogP contribution in [0.3, 0.4) is 0 Å². The molecule has 557 valence electrons. The second-order valence-corrected chi connectivity index (χ2v) is 25.4. The summed E-state index contributed by atoms with van der Waals surface area (Å²) < 4.78 is 5.85. The maximum absolute atomic E-state index is 15.3. The third-order valence-corrected chi connectivity index (χ3v) is 17.7. The van der Waals surface area contributed by atoms with E-state index in [0.29, 0.717) is 62.3 Å². The van der Waals surface area contributed by atoms with Gasteiger partial charge in [0.25, 0.3) is 0 Å². The molecule has 100 heavy (non-hydrogen) atoms. The van der Waals surface area contributed by atoms with Crippen molar-refractivity contribution in [3.05, 3.63) is 102 Å². The van der Waals surface area contributed by atoms with Gasteiger partial charge in [0.15, 0.2) is 0 Å². The van der Waals surface area contributed by atoms with E-state index in [0.717, 1.165) is 22.3 Å². The monoisotopic (exact) mass is 1560 g/mol. The molecule has 1 radical (unpaired) electrons. The van der Waals surface area contributed by atoms with E-state index in [1.807, 2.05) is 38.1 Å². The van der Waals surface area contributed by atoms with Crippen LogP contribution in [0.15, 0.2) is 85.1 Å². The first-order valence-corrected chi connectivity index (χ1v) is 33.5. The summed E-state index contributed by atoms with van der Waals surface area (Å²) >= 11 is 0. The average Bonchev–Trinajstić information content (AvgIpc) is 1.62. The van der Waals surface area contributed by atoms with E-state index in [1.54, 1.807) is 89.3 Å². The topological polar surface area (TPSA) is 426 Å². The van der Waals surface area contributed by atoms with Crippen LogP contribution in [0.1, 0.15) is 76.0 Å². The van der Waals surface area contributed by atoms with Crippen LogP contribution in [0.4, 0.5) is 4.79 Å². The SMILES string of the molecule is CCN(C)CC(=O)O.CCN(CCN(CCN(C)CC(=O)O)CC(=O)O)CC(=O)NCCNC(=O)O[C@@H]1C[C@H]2C(=O)N[C@@H](Cc3ccc(O)cc3)C(=O)N[C@H]([C@@H](C)c3c[nH]c4ccccc34)C(=O)N[C@@H](CC3CCNCC3)C(=O)N[C@@H]([C@@H](C)O)C(=O)N[C@@H](Cc3ccccc3)C(=O)N2C1.[Lu]. The van der Waals surface area contributed by atoms with Crippen molar-refractivity contribution in [2.24, 2.45) is 5.92 Å². The smallest absolute Gasteiger partial charge is 0.407 e. The third kappa shape index (κ3) is 26.8. The van der Waals surface area contributed by atoms with Crippen LogP contribution in [-0.4, -0.2) is 281 Å². The van der Waals surface area contributed by atoms with Gasteiger partial charge in [0.05, 0.1) is 38.8 Å². The molecule has 0 aliphatic carbocycles. The molecule has 0 bridgehead atoms. The van der Waals surface area contributed by atoms with Crippen molar-refractivity contribution in [2.75, 3.05) is 112 Å². The number of carbonyl (C=O) groups excluding carboxylic acids is 8. The number of aliphatic hydroxyl groups excluding tert-OH is 1. The number of hydrogen-bond donors (Lipinski definition) is 14. The largest absolute Gasteiger partial charge is 0.508 e. The first-order chi connectivity index (χ1) is 47.2. The van der Waals surface area contributed by atoms with Gasteiger partial charge in [0.2, 0.25) is 41.4 Å². The number of carbonyl (C=O) groups is 11. The summed E-state index contributed by atoms with van der Waals surface area (Å²) in [6.45, 7) is 9.48. The van der Waals surface area contributed by atoms with Gasteiger partial charge >= 0.3 is 24.0 Å². The van der Waals surface area contributed by atoms with Gasteiger partial charge in [0.1, 0.15) is 48.1 Å². The number of ether oxygens (including phenoxy) is 1. The number of phenolic OH excluding ortho intramolecular Hbond substituents is 1. The van der Waals surface area contributed by atoms with Gasteiger partial charge in [-0.25, -0.2) is 4.79 Å². The standard InChI is InChI=1S/C63H87N13O15.C5H11NO2.Lu/c1-5-74(27-28-75(37-54(82)83)26-25-73(4)36-53(80)81)35-52(79)65-23-24-66-63(90)91-44-32-51-59(86)68-48(29-41-15-17-43(78)18-16-41)57(84)71-55(38(2)46-33-67-47-14-10-9-13-45(46)47)60(87)69-49(30-42-19-21-64-22-20-42)58(85)72-56(39(3)77)61(88)70-50(62(89)76(51)34-44)31-40-11-7-6-8-12-40;1-3-6(2)4-5(7)8;/h6-18,33,38-39,42,44,48-51,55-56,64,67,77-78H,5,19-32,34-37H2,1-4H3,(H,65,79)(H,66,90)(H,68,86)(H,69,87)(H,70,88)(H,71,84)(H,72,85)(H,80,81)(H,82,83);3-4H2,1-2H3,(H,7,8);/t38-,39+,44+,48-,49-,50-,51-,55+,56-;;/m0../s1. The number of H-pyrrole nitrogens is 1. The Labute approximate surface area is 610 Å².